The van der Waals surface area contributed by atoms with Crippen molar-refractivity contribution < 1.29 is 14.7 Å². The van der Waals surface area contributed by atoms with E-state index in [9.17, 15) is 14.7 Å². The standard InChI is InChI=1S/C28H28N4O3/c1-3-28(2)20-14-21-19(18-11-7-10-17-15-29-31-24(17)25(18)30-21)13-22(20)32(27(28)35)23(26(33)34)12-16-8-5-4-6-9-16/h4-6,8-9,13-15,23,30H,3,7,10-12H2,1-2H3,(H,29,31)(H,33,34). The molecule has 2 unspecified atom stereocenters. The lowest BCUT2D eigenvalue weighted by molar-refractivity contribution is -0.140. The molecule has 4 aromatic rings. The normalized spacial score (nSPS) is 19.8. The van der Waals surface area contributed by atoms with Gasteiger partial charge < -0.3 is 10.1 Å². The number of carboxylic acid groups (broad SMARTS) is 1. The van der Waals surface area contributed by atoms with Crippen molar-refractivity contribution in [3.63, 3.8) is 0 Å². The Morgan fingerprint density at radius 2 is 2.00 bits per heavy atom. The molecule has 1 amide bonds. The quantitative estimate of drug-likeness (QED) is 0.393. The molecule has 2 atom stereocenters. The third-order valence-corrected chi connectivity index (χ3v) is 7.98. The fraction of sp³-hybridized carbons (Fsp3) is 0.321. The van der Waals surface area contributed by atoms with Crippen LogP contribution in [0.15, 0.2) is 48.7 Å². The Labute approximate surface area is 203 Å². The van der Waals surface area contributed by atoms with E-state index in [1.54, 1.807) is 4.90 Å². The first-order valence-electron chi connectivity index (χ1n) is 12.2. The van der Waals surface area contributed by atoms with Crippen molar-refractivity contribution in [3.05, 3.63) is 70.9 Å². The van der Waals surface area contributed by atoms with Crippen LogP contribution in [0.2, 0.25) is 0 Å². The number of hydrogen-bond donors (Lipinski definition) is 3. The van der Waals surface area contributed by atoms with Crippen LogP contribution >= 0.6 is 0 Å². The molecule has 2 aliphatic rings. The van der Waals surface area contributed by atoms with E-state index in [0.717, 1.165) is 52.7 Å². The number of carboxylic acids is 1. The molecule has 1 aliphatic carbocycles. The molecule has 6 rings (SSSR count). The zero-order valence-corrected chi connectivity index (χ0v) is 19.9. The number of carbonyl (C=O) groups is 2. The zero-order valence-electron chi connectivity index (χ0n) is 19.9. The van der Waals surface area contributed by atoms with Gasteiger partial charge in [0.15, 0.2) is 0 Å². The topological polar surface area (TPSA) is 102 Å². The van der Waals surface area contributed by atoms with E-state index in [-0.39, 0.29) is 12.3 Å². The fourth-order valence-corrected chi connectivity index (χ4v) is 5.84. The number of amides is 1. The van der Waals surface area contributed by atoms with E-state index in [1.165, 1.54) is 11.1 Å². The predicted octanol–water partition coefficient (Wildman–Crippen LogP) is 4.76. The van der Waals surface area contributed by atoms with E-state index in [0.29, 0.717) is 12.1 Å². The van der Waals surface area contributed by atoms with E-state index >= 15 is 0 Å². The zero-order chi connectivity index (χ0) is 24.3. The molecule has 2 aromatic carbocycles. The number of aromatic nitrogens is 3. The van der Waals surface area contributed by atoms with E-state index in [2.05, 4.69) is 21.2 Å². The Hall–Kier alpha value is -3.87. The molecule has 0 fully saturated rings. The Balaban J connectivity index is 1.55. The maximum absolute atomic E-state index is 13.9. The summed E-state index contributed by atoms with van der Waals surface area (Å²) in [5.74, 6) is -1.14. The van der Waals surface area contributed by atoms with E-state index < -0.39 is 17.4 Å². The van der Waals surface area contributed by atoms with Crippen molar-refractivity contribution in [2.24, 2.45) is 0 Å². The molecule has 0 spiro atoms. The summed E-state index contributed by atoms with van der Waals surface area (Å²) in [5, 5.41) is 18.7. The third-order valence-electron chi connectivity index (χ3n) is 7.98. The number of anilines is 1. The molecule has 35 heavy (non-hydrogen) atoms. The lowest BCUT2D eigenvalue weighted by atomic mass is 9.81. The van der Waals surface area contributed by atoms with Crippen LogP contribution in [0.4, 0.5) is 5.69 Å². The second-order valence-electron chi connectivity index (χ2n) is 9.92. The number of aryl methyl sites for hydroxylation is 2. The number of rotatable bonds is 5. The van der Waals surface area contributed by atoms with Crippen molar-refractivity contribution in [1.82, 2.24) is 15.2 Å². The van der Waals surface area contributed by atoms with Crippen molar-refractivity contribution in [2.45, 2.75) is 57.4 Å². The lowest BCUT2D eigenvalue weighted by Crippen LogP contribution is -2.48. The highest BCUT2D eigenvalue weighted by atomic mass is 16.4. The number of H-pyrrole nitrogens is 2. The van der Waals surface area contributed by atoms with Gasteiger partial charge in [-0.1, -0.05) is 37.3 Å². The van der Waals surface area contributed by atoms with Crippen molar-refractivity contribution in [2.75, 3.05) is 4.90 Å². The molecular weight excluding hydrogens is 440 g/mol. The molecule has 0 bridgehead atoms. The second-order valence-corrected chi connectivity index (χ2v) is 9.92. The first kappa shape index (κ1) is 21.6. The molecule has 3 heterocycles. The number of aromatic amines is 2. The summed E-state index contributed by atoms with van der Waals surface area (Å²) < 4.78 is 0. The highest BCUT2D eigenvalue weighted by molar-refractivity contribution is 6.13. The highest BCUT2D eigenvalue weighted by Gasteiger charge is 2.50. The number of benzene rings is 2. The van der Waals surface area contributed by atoms with Gasteiger partial charge in [-0.15, -0.1) is 0 Å². The average molecular weight is 469 g/mol. The molecule has 0 saturated carbocycles. The smallest absolute Gasteiger partial charge is 0.327 e. The van der Waals surface area contributed by atoms with Crippen molar-refractivity contribution in [1.29, 1.82) is 0 Å². The largest absolute Gasteiger partial charge is 0.480 e. The Morgan fingerprint density at radius 3 is 2.74 bits per heavy atom. The van der Waals surface area contributed by atoms with Gasteiger partial charge in [-0.2, -0.15) is 5.10 Å². The molecular formula is C28H28N4O3. The van der Waals surface area contributed by atoms with Crippen LogP contribution in [-0.2, 0) is 34.3 Å². The monoisotopic (exact) mass is 468 g/mol. The summed E-state index contributed by atoms with van der Waals surface area (Å²) in [4.78, 5) is 31.5. The van der Waals surface area contributed by atoms with Gasteiger partial charge in [0.2, 0.25) is 5.91 Å². The minimum atomic E-state index is -0.997. The van der Waals surface area contributed by atoms with E-state index in [4.69, 9.17) is 0 Å². The first-order valence-corrected chi connectivity index (χ1v) is 12.2. The minimum Gasteiger partial charge on any atom is -0.480 e. The van der Waals surface area contributed by atoms with Gasteiger partial charge in [-0.3, -0.25) is 14.8 Å². The number of nitrogens with zero attached hydrogens (tertiary/aromatic N) is 2. The molecule has 2 aromatic heterocycles. The summed E-state index contributed by atoms with van der Waals surface area (Å²) >= 11 is 0. The van der Waals surface area contributed by atoms with Crippen molar-refractivity contribution >= 4 is 28.5 Å². The SMILES string of the molecule is CCC1(C)C(=O)N(C(Cc2ccccc2)C(=O)O)c2cc3c4c([nH]c3cc21)-c1[nH]ncc1CCC4. The number of aliphatic carboxylic acids is 1. The number of hydrogen-bond acceptors (Lipinski definition) is 3. The third kappa shape index (κ3) is 3.14. The van der Waals surface area contributed by atoms with Crippen LogP contribution in [-0.4, -0.2) is 38.2 Å². The fourth-order valence-electron chi connectivity index (χ4n) is 5.84. The molecule has 0 radical (unpaired) electrons. The van der Waals surface area contributed by atoms with Crippen molar-refractivity contribution in [3.8, 4) is 11.4 Å². The molecule has 3 N–H and O–H groups in total. The lowest BCUT2D eigenvalue weighted by Gasteiger charge is -2.28. The number of carbonyl (C=O) groups excluding carboxylic acids is 1. The Bertz CT molecular complexity index is 1470. The van der Waals surface area contributed by atoms with Gasteiger partial charge in [-0.05, 0) is 67.0 Å². The van der Waals surface area contributed by atoms with Crippen LogP contribution in [0.25, 0.3) is 22.3 Å². The number of nitrogens with one attached hydrogen (secondary N) is 2. The minimum absolute atomic E-state index is 0.145. The Morgan fingerprint density at radius 1 is 1.20 bits per heavy atom. The first-order chi connectivity index (χ1) is 16.9. The van der Waals surface area contributed by atoms with Gasteiger partial charge >= 0.3 is 5.97 Å². The van der Waals surface area contributed by atoms with Crippen LogP contribution in [0, 0.1) is 0 Å². The maximum atomic E-state index is 13.9. The van der Waals surface area contributed by atoms with E-state index in [1.807, 2.05) is 56.4 Å². The summed E-state index contributed by atoms with van der Waals surface area (Å²) in [6, 6.07) is 12.6. The van der Waals surface area contributed by atoms with Crippen LogP contribution in [0.5, 0.6) is 0 Å². The second kappa shape index (κ2) is 7.83. The van der Waals surface area contributed by atoms with Crippen LogP contribution in [0.1, 0.15) is 48.9 Å². The molecule has 178 valence electrons. The summed E-state index contributed by atoms with van der Waals surface area (Å²) in [6.07, 6.45) is 5.60. The van der Waals surface area contributed by atoms with Gasteiger partial charge in [0, 0.05) is 23.0 Å². The van der Waals surface area contributed by atoms with Gasteiger partial charge in [0.1, 0.15) is 6.04 Å². The van der Waals surface area contributed by atoms with Crippen LogP contribution in [0.3, 0.4) is 0 Å². The van der Waals surface area contributed by atoms with Gasteiger partial charge in [-0.25, -0.2) is 4.79 Å². The summed E-state index contributed by atoms with van der Waals surface area (Å²) in [7, 11) is 0. The van der Waals surface area contributed by atoms with Gasteiger partial charge in [0.05, 0.1) is 23.0 Å². The predicted molar refractivity (Wildman–Crippen MR) is 135 cm³/mol. The molecule has 7 heteroatoms. The molecule has 1 aliphatic heterocycles. The number of fused-ring (bicyclic) bond motifs is 6. The summed E-state index contributed by atoms with van der Waals surface area (Å²) in [5.41, 5.74) is 7.14. The average Bonchev–Trinajstić information content (AvgIpc) is 3.48. The molecule has 0 saturated heterocycles. The van der Waals surface area contributed by atoms with Crippen LogP contribution < -0.4 is 4.90 Å². The summed E-state index contributed by atoms with van der Waals surface area (Å²) in [6.45, 7) is 3.92. The maximum Gasteiger partial charge on any atom is 0.327 e. The molecule has 7 nitrogen and oxygen atoms in total. The highest BCUT2D eigenvalue weighted by Crippen LogP contribution is 2.48. The van der Waals surface area contributed by atoms with Gasteiger partial charge in [0.25, 0.3) is 0 Å². The Kier molecular flexibility index (Phi) is 4.85.